The highest BCUT2D eigenvalue weighted by Crippen LogP contribution is 2.38. The molecule has 0 amide bonds. The molecule has 3 heteroatoms. The second-order valence-electron chi connectivity index (χ2n) is 4.59. The molecule has 1 saturated carbocycles. The van der Waals surface area contributed by atoms with Crippen molar-refractivity contribution in [3.05, 3.63) is 29.6 Å². The highest BCUT2D eigenvalue weighted by atomic mass is 16.5. The minimum atomic E-state index is -0.194. The molecule has 1 heterocycles. The van der Waals surface area contributed by atoms with Gasteiger partial charge in [0.1, 0.15) is 0 Å². The summed E-state index contributed by atoms with van der Waals surface area (Å²) in [6.45, 7) is 1.94. The van der Waals surface area contributed by atoms with Crippen LogP contribution in [0, 0.1) is 6.92 Å². The van der Waals surface area contributed by atoms with E-state index >= 15 is 0 Å². The van der Waals surface area contributed by atoms with Gasteiger partial charge in [0.2, 0.25) is 0 Å². The van der Waals surface area contributed by atoms with Gasteiger partial charge in [-0.1, -0.05) is 0 Å². The van der Waals surface area contributed by atoms with Crippen molar-refractivity contribution in [3.8, 4) is 0 Å². The molecule has 0 N–H and O–H groups in total. The van der Waals surface area contributed by atoms with Crippen molar-refractivity contribution in [1.29, 1.82) is 0 Å². The fourth-order valence-electron chi connectivity index (χ4n) is 2.13. The first-order chi connectivity index (χ1) is 7.65. The fraction of sp³-hybridized carbons (Fsp3) is 0.538. The van der Waals surface area contributed by atoms with Crippen LogP contribution in [0.25, 0.3) is 0 Å². The maximum atomic E-state index is 12.0. The number of rotatable bonds is 4. The monoisotopic (exact) mass is 219 g/mol. The van der Waals surface area contributed by atoms with Crippen LogP contribution in [0.15, 0.2) is 18.5 Å². The SMILES string of the molecule is COC1(CC(=O)c2cncc(C)c2)CCC1. The number of ether oxygens (including phenoxy) is 1. The molecule has 1 aromatic rings. The number of carbonyl (C=O) groups excluding carboxylic acids is 1. The Labute approximate surface area is 95.8 Å². The topological polar surface area (TPSA) is 39.2 Å². The van der Waals surface area contributed by atoms with Crippen molar-refractivity contribution < 1.29 is 9.53 Å². The molecule has 0 bridgehead atoms. The van der Waals surface area contributed by atoms with E-state index in [1.165, 1.54) is 0 Å². The number of pyridine rings is 1. The van der Waals surface area contributed by atoms with Gasteiger partial charge in [0.05, 0.1) is 5.60 Å². The third kappa shape index (κ3) is 2.14. The summed E-state index contributed by atoms with van der Waals surface area (Å²) in [6.07, 6.45) is 7.02. The van der Waals surface area contributed by atoms with Crippen molar-refractivity contribution in [3.63, 3.8) is 0 Å². The molecule has 0 atom stereocenters. The number of ketones is 1. The predicted molar refractivity (Wildman–Crippen MR) is 61.5 cm³/mol. The first-order valence-corrected chi connectivity index (χ1v) is 5.65. The van der Waals surface area contributed by atoms with Gasteiger partial charge in [-0.3, -0.25) is 9.78 Å². The van der Waals surface area contributed by atoms with Crippen LogP contribution in [0.3, 0.4) is 0 Å². The standard InChI is InChI=1S/C13H17NO2/c1-10-6-11(9-14-8-10)12(15)7-13(16-2)4-3-5-13/h6,8-9H,3-5,7H2,1-2H3. The van der Waals surface area contributed by atoms with Crippen LogP contribution in [0.1, 0.15) is 41.6 Å². The van der Waals surface area contributed by atoms with Crippen LogP contribution >= 0.6 is 0 Å². The maximum Gasteiger partial charge on any atom is 0.167 e. The number of nitrogens with zero attached hydrogens (tertiary/aromatic N) is 1. The van der Waals surface area contributed by atoms with Crippen LogP contribution in [0.2, 0.25) is 0 Å². The fourth-order valence-corrected chi connectivity index (χ4v) is 2.13. The minimum absolute atomic E-state index is 0.137. The van der Waals surface area contributed by atoms with E-state index in [-0.39, 0.29) is 11.4 Å². The van der Waals surface area contributed by atoms with Crippen molar-refractivity contribution in [2.75, 3.05) is 7.11 Å². The second kappa shape index (κ2) is 4.34. The summed E-state index contributed by atoms with van der Waals surface area (Å²) in [5.41, 5.74) is 1.52. The van der Waals surface area contributed by atoms with Gasteiger partial charge in [0.25, 0.3) is 0 Å². The molecule has 0 saturated heterocycles. The van der Waals surface area contributed by atoms with E-state index in [4.69, 9.17) is 4.74 Å². The van der Waals surface area contributed by atoms with Crippen LogP contribution in [-0.4, -0.2) is 23.5 Å². The van der Waals surface area contributed by atoms with E-state index in [0.29, 0.717) is 12.0 Å². The molecule has 1 aliphatic carbocycles. The Morgan fingerprint density at radius 3 is 2.75 bits per heavy atom. The molecule has 3 nitrogen and oxygen atoms in total. The number of methoxy groups -OCH3 is 1. The Bertz CT molecular complexity index is 391. The number of hydrogen-bond donors (Lipinski definition) is 0. The zero-order valence-electron chi connectivity index (χ0n) is 9.82. The minimum Gasteiger partial charge on any atom is -0.378 e. The van der Waals surface area contributed by atoms with Crippen molar-refractivity contribution in [2.45, 2.75) is 38.2 Å². The third-order valence-corrected chi connectivity index (χ3v) is 3.38. The molecular weight excluding hydrogens is 202 g/mol. The number of aryl methyl sites for hydroxylation is 1. The molecule has 1 fully saturated rings. The first-order valence-electron chi connectivity index (χ1n) is 5.65. The Balaban J connectivity index is 2.08. The summed E-state index contributed by atoms with van der Waals surface area (Å²) in [4.78, 5) is 16.1. The normalized spacial score (nSPS) is 17.9. The molecule has 2 rings (SSSR count). The van der Waals surface area contributed by atoms with E-state index in [9.17, 15) is 4.79 Å². The lowest BCUT2D eigenvalue weighted by atomic mass is 9.76. The summed E-state index contributed by atoms with van der Waals surface area (Å²) < 4.78 is 5.45. The molecule has 0 aromatic carbocycles. The quantitative estimate of drug-likeness (QED) is 0.730. The molecule has 0 radical (unpaired) electrons. The van der Waals surface area contributed by atoms with Crippen LogP contribution in [-0.2, 0) is 4.74 Å². The van der Waals surface area contributed by atoms with Gasteiger partial charge >= 0.3 is 0 Å². The number of carbonyl (C=O) groups is 1. The highest BCUT2D eigenvalue weighted by molar-refractivity contribution is 5.96. The molecule has 86 valence electrons. The number of aromatic nitrogens is 1. The van der Waals surface area contributed by atoms with Gasteiger partial charge in [-0.2, -0.15) is 0 Å². The zero-order valence-corrected chi connectivity index (χ0v) is 9.82. The van der Waals surface area contributed by atoms with Crippen LogP contribution in [0.5, 0.6) is 0 Å². The van der Waals surface area contributed by atoms with E-state index < -0.39 is 0 Å². The summed E-state index contributed by atoms with van der Waals surface area (Å²) in [7, 11) is 1.70. The lowest BCUT2D eigenvalue weighted by molar-refractivity contribution is -0.0704. The molecular formula is C13H17NO2. The van der Waals surface area contributed by atoms with Crippen molar-refractivity contribution >= 4 is 5.78 Å². The Morgan fingerprint density at radius 1 is 1.50 bits per heavy atom. The molecule has 0 spiro atoms. The predicted octanol–water partition coefficient (Wildman–Crippen LogP) is 2.53. The van der Waals surface area contributed by atoms with Gasteiger partial charge in [-0.15, -0.1) is 0 Å². The van der Waals surface area contributed by atoms with Crippen LogP contribution in [0.4, 0.5) is 0 Å². The Hall–Kier alpha value is -1.22. The average Bonchev–Trinajstić information content (AvgIpc) is 2.23. The third-order valence-electron chi connectivity index (χ3n) is 3.38. The average molecular weight is 219 g/mol. The van der Waals surface area contributed by atoms with Gasteiger partial charge in [0.15, 0.2) is 5.78 Å². The summed E-state index contributed by atoms with van der Waals surface area (Å²) in [5, 5.41) is 0. The van der Waals surface area contributed by atoms with Crippen molar-refractivity contribution in [1.82, 2.24) is 4.98 Å². The molecule has 1 aliphatic rings. The molecule has 0 aliphatic heterocycles. The van der Waals surface area contributed by atoms with Gasteiger partial charge in [0, 0.05) is 31.5 Å². The summed E-state index contributed by atoms with van der Waals surface area (Å²) in [6, 6.07) is 1.89. The van der Waals surface area contributed by atoms with Gasteiger partial charge < -0.3 is 4.74 Å². The lowest BCUT2D eigenvalue weighted by Gasteiger charge is -2.40. The van der Waals surface area contributed by atoms with Gasteiger partial charge in [-0.25, -0.2) is 0 Å². The first kappa shape index (κ1) is 11.3. The summed E-state index contributed by atoms with van der Waals surface area (Å²) >= 11 is 0. The molecule has 1 aromatic heterocycles. The van der Waals surface area contributed by atoms with Gasteiger partial charge in [-0.05, 0) is 37.8 Å². The maximum absolute atomic E-state index is 12.0. The summed E-state index contributed by atoms with van der Waals surface area (Å²) in [5.74, 6) is 0.137. The number of hydrogen-bond acceptors (Lipinski definition) is 3. The van der Waals surface area contributed by atoms with Crippen LogP contribution < -0.4 is 0 Å². The molecule has 16 heavy (non-hydrogen) atoms. The van der Waals surface area contributed by atoms with E-state index in [0.717, 1.165) is 24.8 Å². The van der Waals surface area contributed by atoms with E-state index in [1.54, 1.807) is 19.5 Å². The zero-order chi connectivity index (χ0) is 11.6. The lowest BCUT2D eigenvalue weighted by Crippen LogP contribution is -2.41. The largest absolute Gasteiger partial charge is 0.378 e. The smallest absolute Gasteiger partial charge is 0.167 e. The van der Waals surface area contributed by atoms with E-state index in [2.05, 4.69) is 4.98 Å². The van der Waals surface area contributed by atoms with Crippen molar-refractivity contribution in [2.24, 2.45) is 0 Å². The second-order valence-corrected chi connectivity index (χ2v) is 4.59. The Morgan fingerprint density at radius 2 is 2.25 bits per heavy atom. The highest BCUT2D eigenvalue weighted by Gasteiger charge is 2.39. The van der Waals surface area contributed by atoms with E-state index in [1.807, 2.05) is 13.0 Å². The molecule has 0 unspecified atom stereocenters. The Kier molecular flexibility index (Phi) is 3.06. The number of Topliss-reactive ketones (excluding diaryl/α,β-unsaturated/α-hetero) is 1.